The summed E-state index contributed by atoms with van der Waals surface area (Å²) in [7, 11) is -2.21. The molecule has 0 fully saturated rings. The van der Waals surface area contributed by atoms with Crippen LogP contribution in [0, 0.1) is 0 Å². The largest absolute Gasteiger partial charge is 0.399 e. The molecule has 8 heteroatoms. The molecular formula is C13H15ClN4O2S. The summed E-state index contributed by atoms with van der Waals surface area (Å²) in [4.78, 5) is 0. The molecule has 1 unspecified atom stereocenters. The second kappa shape index (κ2) is 4.64. The number of hydrogen-bond donors (Lipinski definition) is 1. The van der Waals surface area contributed by atoms with Gasteiger partial charge in [0.1, 0.15) is 0 Å². The second-order valence-electron chi connectivity index (χ2n) is 5.16. The van der Waals surface area contributed by atoms with E-state index in [1.165, 1.54) is 15.2 Å². The molecule has 2 aromatic rings. The van der Waals surface area contributed by atoms with E-state index >= 15 is 0 Å². The van der Waals surface area contributed by atoms with E-state index in [0.29, 0.717) is 17.8 Å². The van der Waals surface area contributed by atoms with E-state index in [1.54, 1.807) is 19.2 Å². The lowest BCUT2D eigenvalue weighted by atomic mass is 10.1. The van der Waals surface area contributed by atoms with Gasteiger partial charge in [-0.25, -0.2) is 0 Å². The highest BCUT2D eigenvalue weighted by atomic mass is 35.5. The lowest BCUT2D eigenvalue weighted by Crippen LogP contribution is -2.36. The van der Waals surface area contributed by atoms with Crippen LogP contribution in [-0.2, 0) is 23.5 Å². The Hall–Kier alpha value is -1.73. The zero-order chi connectivity index (χ0) is 15.4. The van der Waals surface area contributed by atoms with Crippen molar-refractivity contribution in [1.29, 1.82) is 0 Å². The number of benzene rings is 1. The van der Waals surface area contributed by atoms with Crippen molar-refractivity contribution in [3.63, 3.8) is 0 Å². The number of nitrogens with two attached hydrogens (primary N) is 1. The van der Waals surface area contributed by atoms with Gasteiger partial charge >= 0.3 is 0 Å². The topological polar surface area (TPSA) is 81.2 Å². The number of aryl methyl sites for hydroxylation is 1. The number of anilines is 2. The smallest absolute Gasteiger partial charge is 0.283 e. The predicted molar refractivity (Wildman–Crippen MR) is 81.9 cm³/mol. The zero-order valence-corrected chi connectivity index (χ0v) is 13.2. The average Bonchev–Trinajstić information content (AvgIpc) is 2.88. The van der Waals surface area contributed by atoms with Crippen LogP contribution in [-0.4, -0.2) is 24.2 Å². The molecule has 1 aromatic heterocycles. The summed E-state index contributed by atoms with van der Waals surface area (Å²) in [5.41, 5.74) is 7.96. The van der Waals surface area contributed by atoms with Crippen molar-refractivity contribution in [2.75, 3.05) is 10.0 Å². The van der Waals surface area contributed by atoms with Crippen LogP contribution < -0.4 is 10.0 Å². The normalized spacial score (nSPS) is 18.0. The minimum absolute atomic E-state index is 0.000640. The fourth-order valence-electron chi connectivity index (χ4n) is 2.77. The van der Waals surface area contributed by atoms with Crippen LogP contribution in [0.2, 0.25) is 5.02 Å². The van der Waals surface area contributed by atoms with Gasteiger partial charge in [0.25, 0.3) is 10.0 Å². The highest BCUT2D eigenvalue weighted by molar-refractivity contribution is 7.92. The fraction of sp³-hybridized carbons (Fsp3) is 0.308. The molecule has 1 aliphatic rings. The first kappa shape index (κ1) is 14.2. The van der Waals surface area contributed by atoms with E-state index in [-0.39, 0.29) is 16.1 Å². The van der Waals surface area contributed by atoms with Crippen molar-refractivity contribution in [2.24, 2.45) is 7.05 Å². The van der Waals surface area contributed by atoms with E-state index in [1.807, 2.05) is 13.0 Å². The number of aromatic nitrogens is 2. The monoisotopic (exact) mass is 326 g/mol. The third-order valence-electron chi connectivity index (χ3n) is 3.60. The number of fused-ring (bicyclic) bond motifs is 1. The van der Waals surface area contributed by atoms with Gasteiger partial charge in [0.15, 0.2) is 5.03 Å². The van der Waals surface area contributed by atoms with Gasteiger partial charge in [-0.15, -0.1) is 0 Å². The Morgan fingerprint density at radius 1 is 1.43 bits per heavy atom. The minimum Gasteiger partial charge on any atom is -0.399 e. The van der Waals surface area contributed by atoms with Crippen LogP contribution in [0.1, 0.15) is 12.5 Å². The fourth-order valence-corrected chi connectivity index (χ4v) is 5.08. The molecule has 112 valence electrons. The molecule has 0 saturated heterocycles. The molecule has 0 saturated carbocycles. The molecule has 2 N–H and O–H groups in total. The maximum atomic E-state index is 12.9. The summed E-state index contributed by atoms with van der Waals surface area (Å²) in [6, 6.07) is 5.05. The number of halogens is 1. The molecular weight excluding hydrogens is 312 g/mol. The van der Waals surface area contributed by atoms with E-state index in [2.05, 4.69) is 5.10 Å². The van der Waals surface area contributed by atoms with E-state index in [4.69, 9.17) is 17.3 Å². The molecule has 0 amide bonds. The molecule has 1 atom stereocenters. The van der Waals surface area contributed by atoms with E-state index in [0.717, 1.165) is 5.56 Å². The van der Waals surface area contributed by atoms with E-state index < -0.39 is 10.0 Å². The summed E-state index contributed by atoms with van der Waals surface area (Å²) in [5, 5.41) is 4.03. The predicted octanol–water partition coefficient (Wildman–Crippen LogP) is 1.80. The van der Waals surface area contributed by atoms with Gasteiger partial charge in [-0.1, -0.05) is 11.6 Å². The van der Waals surface area contributed by atoms with Crippen molar-refractivity contribution in [3.8, 4) is 0 Å². The van der Waals surface area contributed by atoms with Crippen LogP contribution >= 0.6 is 11.6 Å². The standard InChI is InChI=1S/C13H15ClN4O2S/c1-8-5-9-6-10(15)3-4-12(9)18(8)21(19,20)13-11(14)7-16-17(13)2/h3-4,6-8H,5,15H2,1-2H3. The van der Waals surface area contributed by atoms with Gasteiger partial charge in [0.2, 0.25) is 0 Å². The molecule has 0 radical (unpaired) electrons. The Morgan fingerprint density at radius 3 is 2.76 bits per heavy atom. The van der Waals surface area contributed by atoms with Gasteiger partial charge in [0.05, 0.1) is 16.9 Å². The van der Waals surface area contributed by atoms with Gasteiger partial charge < -0.3 is 5.73 Å². The van der Waals surface area contributed by atoms with Crippen LogP contribution in [0.4, 0.5) is 11.4 Å². The average molecular weight is 327 g/mol. The third kappa shape index (κ3) is 2.08. The van der Waals surface area contributed by atoms with Gasteiger partial charge in [-0.05, 0) is 37.1 Å². The van der Waals surface area contributed by atoms with Crippen molar-refractivity contribution in [2.45, 2.75) is 24.4 Å². The maximum Gasteiger partial charge on any atom is 0.283 e. The molecule has 0 spiro atoms. The Morgan fingerprint density at radius 2 is 2.14 bits per heavy atom. The number of nitrogen functional groups attached to an aromatic ring is 1. The van der Waals surface area contributed by atoms with Crippen LogP contribution in [0.3, 0.4) is 0 Å². The lowest BCUT2D eigenvalue weighted by Gasteiger charge is -2.24. The maximum absolute atomic E-state index is 12.9. The van der Waals surface area contributed by atoms with Gasteiger partial charge in [-0.2, -0.15) is 13.5 Å². The SMILES string of the molecule is CC1Cc2cc(N)ccc2N1S(=O)(=O)c1c(Cl)cnn1C. The summed E-state index contributed by atoms with van der Waals surface area (Å²) >= 11 is 6.00. The molecule has 3 rings (SSSR count). The highest BCUT2D eigenvalue weighted by Gasteiger charge is 2.38. The highest BCUT2D eigenvalue weighted by Crippen LogP contribution is 2.38. The van der Waals surface area contributed by atoms with Crippen molar-refractivity contribution < 1.29 is 8.42 Å². The Balaban J connectivity index is 2.17. The van der Waals surface area contributed by atoms with Crippen LogP contribution in [0.5, 0.6) is 0 Å². The number of hydrogen-bond acceptors (Lipinski definition) is 4. The van der Waals surface area contributed by atoms with Crippen molar-refractivity contribution in [3.05, 3.63) is 35.0 Å². The minimum atomic E-state index is -3.77. The first-order valence-electron chi connectivity index (χ1n) is 6.42. The van der Waals surface area contributed by atoms with Crippen molar-refractivity contribution in [1.82, 2.24) is 9.78 Å². The molecule has 1 aliphatic heterocycles. The number of rotatable bonds is 2. The lowest BCUT2D eigenvalue weighted by molar-refractivity contribution is 0.566. The Labute approximate surface area is 128 Å². The zero-order valence-electron chi connectivity index (χ0n) is 11.6. The number of nitrogens with zero attached hydrogens (tertiary/aromatic N) is 3. The summed E-state index contributed by atoms with van der Waals surface area (Å²) in [6.45, 7) is 1.86. The summed E-state index contributed by atoms with van der Waals surface area (Å²) in [6.07, 6.45) is 1.95. The Bertz CT molecular complexity index is 796. The number of sulfonamides is 1. The molecule has 21 heavy (non-hydrogen) atoms. The molecule has 6 nitrogen and oxygen atoms in total. The second-order valence-corrected chi connectivity index (χ2v) is 7.30. The van der Waals surface area contributed by atoms with Crippen LogP contribution in [0.15, 0.2) is 29.4 Å². The summed E-state index contributed by atoms with van der Waals surface area (Å²) < 4.78 is 28.6. The van der Waals surface area contributed by atoms with Crippen molar-refractivity contribution >= 4 is 33.0 Å². The quantitative estimate of drug-likeness (QED) is 0.853. The first-order valence-corrected chi connectivity index (χ1v) is 8.24. The molecule has 2 heterocycles. The molecule has 0 bridgehead atoms. The Kier molecular flexibility index (Phi) is 3.14. The molecule has 1 aromatic carbocycles. The molecule has 0 aliphatic carbocycles. The third-order valence-corrected chi connectivity index (χ3v) is 6.04. The van der Waals surface area contributed by atoms with Crippen LogP contribution in [0.25, 0.3) is 0 Å². The first-order chi connectivity index (χ1) is 9.82. The van der Waals surface area contributed by atoms with Gasteiger partial charge in [-0.3, -0.25) is 8.99 Å². The van der Waals surface area contributed by atoms with Gasteiger partial charge in [0, 0.05) is 18.8 Å². The van der Waals surface area contributed by atoms with E-state index in [9.17, 15) is 8.42 Å². The summed E-state index contributed by atoms with van der Waals surface area (Å²) in [5.74, 6) is 0.